The third kappa shape index (κ3) is 4.33. The SMILES string of the molecule is CCC(=O)NC1CCC([C@@H](C)C(C)(C)C)CC1. The molecule has 0 heterocycles. The van der Waals surface area contributed by atoms with E-state index in [2.05, 4.69) is 33.0 Å². The molecule has 0 bridgehead atoms. The van der Waals surface area contributed by atoms with Crippen molar-refractivity contribution in [2.45, 2.75) is 72.8 Å². The van der Waals surface area contributed by atoms with Crippen molar-refractivity contribution >= 4 is 5.91 Å². The summed E-state index contributed by atoms with van der Waals surface area (Å²) in [6.45, 7) is 11.3. The van der Waals surface area contributed by atoms with Gasteiger partial charge in [0.05, 0.1) is 0 Å². The topological polar surface area (TPSA) is 29.1 Å². The van der Waals surface area contributed by atoms with Gasteiger partial charge in [-0.15, -0.1) is 0 Å². The summed E-state index contributed by atoms with van der Waals surface area (Å²) in [6.07, 6.45) is 5.48. The standard InChI is InChI=1S/C15H29NO/c1-6-14(17)16-13-9-7-12(8-10-13)11(2)15(3,4)5/h11-13H,6-10H2,1-5H3,(H,16,17)/t11-,12?,13?/m1/s1. The maximum absolute atomic E-state index is 11.3. The van der Waals surface area contributed by atoms with E-state index >= 15 is 0 Å². The summed E-state index contributed by atoms with van der Waals surface area (Å²) in [5.41, 5.74) is 0.407. The van der Waals surface area contributed by atoms with E-state index in [1.165, 1.54) is 12.8 Å². The highest BCUT2D eigenvalue weighted by atomic mass is 16.1. The Kier molecular flexibility index (Phi) is 5.03. The van der Waals surface area contributed by atoms with Crippen LogP contribution >= 0.6 is 0 Å². The second-order valence-electron chi connectivity index (χ2n) is 6.69. The van der Waals surface area contributed by atoms with Crippen molar-refractivity contribution in [2.75, 3.05) is 0 Å². The predicted molar refractivity (Wildman–Crippen MR) is 72.8 cm³/mol. The molecule has 2 nitrogen and oxygen atoms in total. The summed E-state index contributed by atoms with van der Waals surface area (Å²) < 4.78 is 0. The molecule has 0 unspecified atom stereocenters. The Labute approximate surface area is 107 Å². The third-order valence-corrected chi connectivity index (χ3v) is 4.53. The molecule has 0 saturated heterocycles. The van der Waals surface area contributed by atoms with Crippen molar-refractivity contribution in [1.82, 2.24) is 5.32 Å². The molecule has 2 heteroatoms. The number of nitrogens with one attached hydrogen (secondary N) is 1. The van der Waals surface area contributed by atoms with E-state index in [1.54, 1.807) is 0 Å². The second kappa shape index (κ2) is 5.88. The van der Waals surface area contributed by atoms with Gasteiger partial charge >= 0.3 is 0 Å². The molecule has 100 valence electrons. The van der Waals surface area contributed by atoms with E-state index in [9.17, 15) is 4.79 Å². The van der Waals surface area contributed by atoms with Crippen LogP contribution in [0.15, 0.2) is 0 Å². The lowest BCUT2D eigenvalue weighted by Crippen LogP contribution is -2.39. The van der Waals surface area contributed by atoms with Gasteiger partial charge in [-0.3, -0.25) is 4.79 Å². The highest BCUT2D eigenvalue weighted by molar-refractivity contribution is 5.75. The highest BCUT2D eigenvalue weighted by Crippen LogP contribution is 2.39. The molecule has 0 aliphatic heterocycles. The van der Waals surface area contributed by atoms with E-state index in [-0.39, 0.29) is 5.91 Å². The average Bonchev–Trinajstić information content (AvgIpc) is 2.27. The fourth-order valence-electron chi connectivity index (χ4n) is 2.80. The van der Waals surface area contributed by atoms with E-state index in [1.807, 2.05) is 6.92 Å². The molecule has 1 fully saturated rings. The van der Waals surface area contributed by atoms with E-state index in [0.717, 1.165) is 24.7 Å². The van der Waals surface area contributed by atoms with Crippen LogP contribution in [0.25, 0.3) is 0 Å². The maximum Gasteiger partial charge on any atom is 0.219 e. The largest absolute Gasteiger partial charge is 0.353 e. The van der Waals surface area contributed by atoms with Crippen LogP contribution in [0.3, 0.4) is 0 Å². The van der Waals surface area contributed by atoms with E-state index < -0.39 is 0 Å². The van der Waals surface area contributed by atoms with Gasteiger partial charge in [-0.05, 0) is 42.9 Å². The van der Waals surface area contributed by atoms with Gasteiger partial charge in [0.15, 0.2) is 0 Å². The predicted octanol–water partition coefficient (Wildman–Crippen LogP) is 3.75. The van der Waals surface area contributed by atoms with E-state index in [4.69, 9.17) is 0 Å². The smallest absolute Gasteiger partial charge is 0.219 e. The van der Waals surface area contributed by atoms with Gasteiger partial charge in [0.1, 0.15) is 0 Å². The first-order valence-corrected chi connectivity index (χ1v) is 7.14. The second-order valence-corrected chi connectivity index (χ2v) is 6.69. The van der Waals surface area contributed by atoms with Gasteiger partial charge in [-0.1, -0.05) is 34.6 Å². The molecular formula is C15H29NO. The van der Waals surface area contributed by atoms with Crippen LogP contribution in [0.2, 0.25) is 0 Å². The third-order valence-electron chi connectivity index (χ3n) is 4.53. The maximum atomic E-state index is 11.3. The number of hydrogen-bond donors (Lipinski definition) is 1. The minimum Gasteiger partial charge on any atom is -0.353 e. The molecule has 1 amide bonds. The molecule has 0 aromatic rings. The summed E-state index contributed by atoms with van der Waals surface area (Å²) in [6, 6.07) is 0.436. The number of carbonyl (C=O) groups excluding carboxylic acids is 1. The van der Waals surface area contributed by atoms with Gasteiger partial charge in [0.2, 0.25) is 5.91 Å². The summed E-state index contributed by atoms with van der Waals surface area (Å²) in [4.78, 5) is 11.3. The van der Waals surface area contributed by atoms with Crippen LogP contribution in [0, 0.1) is 17.3 Å². The van der Waals surface area contributed by atoms with Crippen molar-refractivity contribution < 1.29 is 4.79 Å². The fourth-order valence-corrected chi connectivity index (χ4v) is 2.80. The minimum absolute atomic E-state index is 0.206. The van der Waals surface area contributed by atoms with Crippen LogP contribution < -0.4 is 5.32 Å². The lowest BCUT2D eigenvalue weighted by Gasteiger charge is -2.38. The van der Waals surface area contributed by atoms with Crippen molar-refractivity contribution in [1.29, 1.82) is 0 Å². The molecule has 1 aliphatic carbocycles. The number of rotatable bonds is 3. The summed E-state index contributed by atoms with van der Waals surface area (Å²) in [7, 11) is 0. The van der Waals surface area contributed by atoms with Crippen LogP contribution in [-0.4, -0.2) is 11.9 Å². The van der Waals surface area contributed by atoms with Crippen molar-refractivity contribution in [2.24, 2.45) is 17.3 Å². The van der Waals surface area contributed by atoms with Crippen LogP contribution in [0.5, 0.6) is 0 Å². The van der Waals surface area contributed by atoms with Crippen molar-refractivity contribution in [3.05, 3.63) is 0 Å². The highest BCUT2D eigenvalue weighted by Gasteiger charge is 2.31. The fraction of sp³-hybridized carbons (Fsp3) is 0.933. The first kappa shape index (κ1) is 14.5. The molecule has 0 radical (unpaired) electrons. The Morgan fingerprint density at radius 1 is 1.24 bits per heavy atom. The van der Waals surface area contributed by atoms with Crippen LogP contribution in [-0.2, 0) is 4.79 Å². The zero-order chi connectivity index (χ0) is 13.1. The molecule has 1 saturated carbocycles. The van der Waals surface area contributed by atoms with Gasteiger partial charge in [-0.2, -0.15) is 0 Å². The molecule has 0 spiro atoms. The Bertz CT molecular complexity index is 246. The Balaban J connectivity index is 2.38. The summed E-state index contributed by atoms with van der Waals surface area (Å²) in [5.74, 6) is 1.81. The van der Waals surface area contributed by atoms with E-state index in [0.29, 0.717) is 17.9 Å². The molecule has 0 aromatic heterocycles. The molecule has 1 aliphatic rings. The number of hydrogen-bond acceptors (Lipinski definition) is 1. The zero-order valence-electron chi connectivity index (χ0n) is 12.2. The number of amides is 1. The quantitative estimate of drug-likeness (QED) is 0.798. The molecule has 1 N–H and O–H groups in total. The molecule has 17 heavy (non-hydrogen) atoms. The zero-order valence-corrected chi connectivity index (χ0v) is 12.2. The van der Waals surface area contributed by atoms with Gasteiger partial charge < -0.3 is 5.32 Å². The van der Waals surface area contributed by atoms with Gasteiger partial charge in [-0.25, -0.2) is 0 Å². The first-order valence-electron chi connectivity index (χ1n) is 7.14. The normalized spacial score (nSPS) is 27.6. The lowest BCUT2D eigenvalue weighted by atomic mass is 9.68. The van der Waals surface area contributed by atoms with Crippen molar-refractivity contribution in [3.8, 4) is 0 Å². The molecular weight excluding hydrogens is 210 g/mol. The molecule has 0 aromatic carbocycles. The van der Waals surface area contributed by atoms with Crippen LogP contribution in [0.4, 0.5) is 0 Å². The number of carbonyl (C=O) groups is 1. The van der Waals surface area contributed by atoms with Crippen molar-refractivity contribution in [3.63, 3.8) is 0 Å². The summed E-state index contributed by atoms with van der Waals surface area (Å²) in [5, 5.41) is 3.13. The van der Waals surface area contributed by atoms with Crippen LogP contribution in [0.1, 0.15) is 66.7 Å². The average molecular weight is 239 g/mol. The first-order chi connectivity index (χ1) is 7.84. The lowest BCUT2D eigenvalue weighted by molar-refractivity contribution is -0.121. The summed E-state index contributed by atoms with van der Waals surface area (Å²) >= 11 is 0. The monoisotopic (exact) mass is 239 g/mol. The Hall–Kier alpha value is -0.530. The minimum atomic E-state index is 0.206. The Morgan fingerprint density at radius 3 is 2.18 bits per heavy atom. The van der Waals surface area contributed by atoms with Gasteiger partial charge in [0, 0.05) is 12.5 Å². The molecule has 1 rings (SSSR count). The molecule has 1 atom stereocenters. The van der Waals surface area contributed by atoms with Gasteiger partial charge in [0.25, 0.3) is 0 Å². The Morgan fingerprint density at radius 2 is 1.76 bits per heavy atom.